The second kappa shape index (κ2) is 4.14. The van der Waals surface area contributed by atoms with E-state index in [1.165, 1.54) is 0 Å². The van der Waals surface area contributed by atoms with Crippen LogP contribution in [0.3, 0.4) is 0 Å². The zero-order valence-corrected chi connectivity index (χ0v) is 9.43. The highest BCUT2D eigenvalue weighted by molar-refractivity contribution is 4.99. The second-order valence-corrected chi connectivity index (χ2v) is 4.69. The zero-order chi connectivity index (χ0) is 11.0. The maximum Gasteiger partial charge on any atom is 0.153 e. The molecule has 1 saturated heterocycles. The van der Waals surface area contributed by atoms with Crippen LogP contribution >= 0.6 is 0 Å². The molecule has 1 aromatic heterocycles. The number of aromatic nitrogens is 3. The van der Waals surface area contributed by atoms with Gasteiger partial charge in [-0.05, 0) is 25.7 Å². The van der Waals surface area contributed by atoms with Gasteiger partial charge in [0.15, 0.2) is 5.82 Å². The van der Waals surface area contributed by atoms with E-state index in [-0.39, 0.29) is 6.17 Å². The van der Waals surface area contributed by atoms with Gasteiger partial charge in [0.25, 0.3) is 0 Å². The molecule has 0 amide bonds. The van der Waals surface area contributed by atoms with Crippen LogP contribution < -0.4 is 5.73 Å². The van der Waals surface area contributed by atoms with Gasteiger partial charge in [0.2, 0.25) is 0 Å². The van der Waals surface area contributed by atoms with Gasteiger partial charge in [-0.15, -0.1) is 0 Å². The fraction of sp³-hybridized carbons (Fsp3) is 0.818. The molecule has 2 N–H and O–H groups in total. The lowest BCUT2D eigenvalue weighted by Crippen LogP contribution is -2.26. The molecule has 1 fully saturated rings. The normalized spacial score (nSPS) is 29.3. The minimum absolute atomic E-state index is 0.0227. The molecule has 0 bridgehead atoms. The van der Waals surface area contributed by atoms with Gasteiger partial charge >= 0.3 is 0 Å². The number of nitrogens with two attached hydrogens (primary N) is 1. The summed E-state index contributed by atoms with van der Waals surface area (Å²) in [6.07, 6.45) is 6.62. The summed E-state index contributed by atoms with van der Waals surface area (Å²) in [6.45, 7) is 0.887. The average molecular weight is 222 g/mol. The van der Waals surface area contributed by atoms with Crippen LogP contribution in [0.4, 0.5) is 0 Å². The SMILES string of the molecule is NC1CCCc2nc(CC3CCCO3)nn21. The molecule has 2 unspecified atom stereocenters. The van der Waals surface area contributed by atoms with E-state index in [4.69, 9.17) is 10.5 Å². The topological polar surface area (TPSA) is 66.0 Å². The Morgan fingerprint density at radius 3 is 3.06 bits per heavy atom. The predicted octanol–water partition coefficient (Wildman–Crippen LogP) is 0.793. The Hall–Kier alpha value is -0.940. The number of hydrogen-bond acceptors (Lipinski definition) is 4. The maximum atomic E-state index is 6.00. The average Bonchev–Trinajstić information content (AvgIpc) is 2.88. The Balaban J connectivity index is 1.75. The molecule has 3 rings (SSSR count). The Kier molecular flexibility index (Phi) is 2.65. The monoisotopic (exact) mass is 222 g/mol. The first kappa shape index (κ1) is 10.2. The van der Waals surface area contributed by atoms with Crippen LogP contribution in [0.15, 0.2) is 0 Å². The Morgan fingerprint density at radius 1 is 1.38 bits per heavy atom. The highest BCUT2D eigenvalue weighted by atomic mass is 16.5. The van der Waals surface area contributed by atoms with E-state index in [9.17, 15) is 0 Å². The second-order valence-electron chi connectivity index (χ2n) is 4.69. The molecule has 16 heavy (non-hydrogen) atoms. The summed E-state index contributed by atoms with van der Waals surface area (Å²) in [4.78, 5) is 4.56. The lowest BCUT2D eigenvalue weighted by molar-refractivity contribution is 0.109. The minimum atomic E-state index is 0.0227. The van der Waals surface area contributed by atoms with Crippen LogP contribution in [0.1, 0.15) is 43.5 Å². The molecule has 2 atom stereocenters. The van der Waals surface area contributed by atoms with Gasteiger partial charge < -0.3 is 10.5 Å². The molecular formula is C11H18N4O. The fourth-order valence-electron chi connectivity index (χ4n) is 2.53. The number of aryl methyl sites for hydroxylation is 1. The molecule has 3 heterocycles. The number of ether oxygens (including phenoxy) is 1. The van der Waals surface area contributed by atoms with Crippen molar-refractivity contribution >= 4 is 0 Å². The summed E-state index contributed by atoms with van der Waals surface area (Å²) < 4.78 is 7.49. The van der Waals surface area contributed by atoms with Crippen LogP contribution in [-0.2, 0) is 17.6 Å². The van der Waals surface area contributed by atoms with Crippen molar-refractivity contribution in [3.8, 4) is 0 Å². The lowest BCUT2D eigenvalue weighted by Gasteiger charge is -2.18. The molecule has 2 aliphatic rings. The van der Waals surface area contributed by atoms with Gasteiger partial charge in [-0.2, -0.15) is 5.10 Å². The fourth-order valence-corrected chi connectivity index (χ4v) is 2.53. The standard InChI is InChI=1S/C11H18N4O/c12-9-4-1-5-11-13-10(14-15(9)11)7-8-3-2-6-16-8/h8-9H,1-7,12H2. The Morgan fingerprint density at radius 2 is 2.31 bits per heavy atom. The molecule has 0 aromatic carbocycles. The first-order valence-electron chi connectivity index (χ1n) is 6.14. The zero-order valence-electron chi connectivity index (χ0n) is 9.43. The van der Waals surface area contributed by atoms with Gasteiger partial charge in [-0.1, -0.05) is 0 Å². The quantitative estimate of drug-likeness (QED) is 0.803. The van der Waals surface area contributed by atoms with Gasteiger partial charge in [0.05, 0.1) is 6.10 Å². The van der Waals surface area contributed by atoms with Crippen molar-refractivity contribution in [2.24, 2.45) is 5.73 Å². The van der Waals surface area contributed by atoms with Crippen LogP contribution in [0.5, 0.6) is 0 Å². The van der Waals surface area contributed by atoms with E-state index >= 15 is 0 Å². The van der Waals surface area contributed by atoms with Crippen molar-refractivity contribution in [3.63, 3.8) is 0 Å². The van der Waals surface area contributed by atoms with E-state index in [0.29, 0.717) is 6.10 Å². The van der Waals surface area contributed by atoms with E-state index in [1.807, 2.05) is 4.68 Å². The van der Waals surface area contributed by atoms with Gasteiger partial charge in [0, 0.05) is 19.4 Å². The summed E-state index contributed by atoms with van der Waals surface area (Å²) in [5, 5.41) is 4.50. The number of hydrogen-bond donors (Lipinski definition) is 1. The highest BCUT2D eigenvalue weighted by Gasteiger charge is 2.23. The minimum Gasteiger partial charge on any atom is -0.378 e. The molecule has 0 aliphatic carbocycles. The smallest absolute Gasteiger partial charge is 0.153 e. The van der Waals surface area contributed by atoms with Crippen LogP contribution in [0.2, 0.25) is 0 Å². The molecule has 2 aliphatic heterocycles. The van der Waals surface area contributed by atoms with Crippen molar-refractivity contribution in [3.05, 3.63) is 11.6 Å². The lowest BCUT2D eigenvalue weighted by atomic mass is 10.1. The maximum absolute atomic E-state index is 6.00. The molecule has 0 saturated carbocycles. The Labute approximate surface area is 95.0 Å². The van der Waals surface area contributed by atoms with E-state index in [1.54, 1.807) is 0 Å². The van der Waals surface area contributed by atoms with E-state index < -0.39 is 0 Å². The van der Waals surface area contributed by atoms with E-state index in [2.05, 4.69) is 10.1 Å². The molecule has 5 heteroatoms. The third-order valence-corrected chi connectivity index (χ3v) is 3.39. The molecular weight excluding hydrogens is 204 g/mol. The summed E-state index contributed by atoms with van der Waals surface area (Å²) >= 11 is 0. The predicted molar refractivity (Wildman–Crippen MR) is 58.9 cm³/mol. The van der Waals surface area contributed by atoms with Crippen molar-refractivity contribution in [1.82, 2.24) is 14.8 Å². The third-order valence-electron chi connectivity index (χ3n) is 3.39. The van der Waals surface area contributed by atoms with Crippen LogP contribution in [0.25, 0.3) is 0 Å². The third kappa shape index (κ3) is 1.85. The van der Waals surface area contributed by atoms with Gasteiger partial charge in [-0.3, -0.25) is 0 Å². The van der Waals surface area contributed by atoms with E-state index in [0.717, 1.165) is 56.8 Å². The van der Waals surface area contributed by atoms with Crippen molar-refractivity contribution in [2.45, 2.75) is 50.8 Å². The molecule has 88 valence electrons. The molecule has 5 nitrogen and oxygen atoms in total. The number of rotatable bonds is 2. The number of nitrogens with zero attached hydrogens (tertiary/aromatic N) is 3. The molecule has 1 aromatic rings. The van der Waals surface area contributed by atoms with Crippen LogP contribution in [0, 0.1) is 0 Å². The first-order chi connectivity index (χ1) is 7.83. The highest BCUT2D eigenvalue weighted by Crippen LogP contribution is 2.21. The van der Waals surface area contributed by atoms with Gasteiger partial charge in [-0.25, -0.2) is 9.67 Å². The summed E-state index contributed by atoms with van der Waals surface area (Å²) in [7, 11) is 0. The largest absolute Gasteiger partial charge is 0.378 e. The molecule has 0 spiro atoms. The van der Waals surface area contributed by atoms with Crippen LogP contribution in [-0.4, -0.2) is 27.5 Å². The Bertz CT molecular complexity index is 370. The van der Waals surface area contributed by atoms with Crippen molar-refractivity contribution < 1.29 is 4.74 Å². The summed E-state index contributed by atoms with van der Waals surface area (Å²) in [6, 6.07) is 0. The van der Waals surface area contributed by atoms with Gasteiger partial charge in [0.1, 0.15) is 12.0 Å². The summed E-state index contributed by atoms with van der Waals surface area (Å²) in [5.74, 6) is 1.95. The number of fused-ring (bicyclic) bond motifs is 1. The summed E-state index contributed by atoms with van der Waals surface area (Å²) in [5.41, 5.74) is 6.00. The first-order valence-corrected chi connectivity index (χ1v) is 6.14. The molecule has 0 radical (unpaired) electrons. The van der Waals surface area contributed by atoms with Crippen molar-refractivity contribution in [1.29, 1.82) is 0 Å². The van der Waals surface area contributed by atoms with Crippen molar-refractivity contribution in [2.75, 3.05) is 6.61 Å².